The van der Waals surface area contributed by atoms with Gasteiger partial charge >= 0.3 is 0 Å². The van der Waals surface area contributed by atoms with E-state index in [1.165, 1.54) is 0 Å². The first-order valence-corrected chi connectivity index (χ1v) is 9.75. The molecule has 4 rings (SSSR count). The van der Waals surface area contributed by atoms with Gasteiger partial charge in [0.15, 0.2) is 5.60 Å². The average molecular weight is 362 g/mol. The van der Waals surface area contributed by atoms with Gasteiger partial charge in [-0.25, -0.2) is 0 Å². The summed E-state index contributed by atoms with van der Waals surface area (Å²) in [6, 6.07) is 0. The van der Waals surface area contributed by atoms with Crippen molar-refractivity contribution in [2.45, 2.75) is 76.0 Å². The molecule has 0 radical (unpaired) electrons. The molecule has 26 heavy (non-hydrogen) atoms. The van der Waals surface area contributed by atoms with Crippen molar-refractivity contribution in [1.82, 2.24) is 0 Å². The minimum Gasteiger partial charge on any atom is -0.390 e. The van der Waals surface area contributed by atoms with Gasteiger partial charge in [0, 0.05) is 5.41 Å². The van der Waals surface area contributed by atoms with Gasteiger partial charge in [-0.2, -0.15) is 0 Å². The third-order valence-electron chi connectivity index (χ3n) is 8.64. The van der Waals surface area contributed by atoms with Gasteiger partial charge in [-0.1, -0.05) is 25.8 Å². The van der Waals surface area contributed by atoms with Crippen LogP contribution in [0.25, 0.3) is 0 Å². The van der Waals surface area contributed by atoms with Gasteiger partial charge in [-0.15, -0.1) is 6.42 Å². The fraction of sp³-hybridized carbons (Fsp3) is 0.810. The Kier molecular flexibility index (Phi) is 3.95. The molecule has 4 aliphatic carbocycles. The highest BCUT2D eigenvalue weighted by atomic mass is 16.3. The van der Waals surface area contributed by atoms with Crippen LogP contribution >= 0.6 is 0 Å². The summed E-state index contributed by atoms with van der Waals surface area (Å²) in [5, 5.41) is 53.1. The second-order valence-electron chi connectivity index (χ2n) is 9.49. The highest BCUT2D eigenvalue weighted by Gasteiger charge is 2.68. The highest BCUT2D eigenvalue weighted by molar-refractivity contribution is 5.34. The van der Waals surface area contributed by atoms with E-state index in [4.69, 9.17) is 6.42 Å². The number of hydrogen-bond acceptors (Lipinski definition) is 5. The molecule has 5 nitrogen and oxygen atoms in total. The van der Waals surface area contributed by atoms with Gasteiger partial charge in [-0.3, -0.25) is 0 Å². The van der Waals surface area contributed by atoms with Crippen molar-refractivity contribution in [3.8, 4) is 12.3 Å². The predicted molar refractivity (Wildman–Crippen MR) is 95.7 cm³/mol. The summed E-state index contributed by atoms with van der Waals surface area (Å²) in [6.07, 6.45) is 6.96. The Morgan fingerprint density at radius 3 is 2.42 bits per heavy atom. The fourth-order valence-corrected chi connectivity index (χ4v) is 6.98. The quantitative estimate of drug-likeness (QED) is 0.321. The van der Waals surface area contributed by atoms with Gasteiger partial charge in [0.1, 0.15) is 6.10 Å². The van der Waals surface area contributed by atoms with Crippen molar-refractivity contribution in [3.63, 3.8) is 0 Å². The molecule has 0 aromatic carbocycles. The summed E-state index contributed by atoms with van der Waals surface area (Å²) in [5.41, 5.74) is -1.75. The number of aliphatic hydroxyl groups is 5. The average Bonchev–Trinajstić information content (AvgIpc) is 2.81. The Morgan fingerprint density at radius 1 is 1.08 bits per heavy atom. The van der Waals surface area contributed by atoms with Crippen LogP contribution in [0.2, 0.25) is 0 Å². The molecule has 0 saturated heterocycles. The van der Waals surface area contributed by atoms with E-state index in [2.05, 4.69) is 12.8 Å². The summed E-state index contributed by atoms with van der Waals surface area (Å²) in [5.74, 6) is 2.37. The molecule has 0 amide bonds. The Hall–Kier alpha value is -0.900. The smallest absolute Gasteiger partial charge is 0.156 e. The van der Waals surface area contributed by atoms with Gasteiger partial charge < -0.3 is 25.5 Å². The number of fused-ring (bicyclic) bond motifs is 5. The summed E-state index contributed by atoms with van der Waals surface area (Å²) >= 11 is 0. The lowest BCUT2D eigenvalue weighted by Crippen LogP contribution is -2.59. The molecule has 5 heteroatoms. The molecule has 3 saturated carbocycles. The lowest BCUT2D eigenvalue weighted by molar-refractivity contribution is -0.141. The molecule has 144 valence electrons. The summed E-state index contributed by atoms with van der Waals surface area (Å²) in [7, 11) is 0. The maximum Gasteiger partial charge on any atom is 0.156 e. The van der Waals surface area contributed by atoms with Crippen LogP contribution in [0.5, 0.6) is 0 Å². The molecular weight excluding hydrogens is 332 g/mol. The number of aliphatic hydroxyl groups excluding tert-OH is 4. The third kappa shape index (κ3) is 2.00. The number of hydrogen-bond donors (Lipinski definition) is 5. The highest BCUT2D eigenvalue weighted by Crippen LogP contribution is 2.67. The van der Waals surface area contributed by atoms with Gasteiger partial charge in [-0.05, 0) is 60.8 Å². The number of rotatable bonds is 0. The van der Waals surface area contributed by atoms with Crippen molar-refractivity contribution in [2.75, 3.05) is 0 Å². The van der Waals surface area contributed by atoms with Crippen molar-refractivity contribution in [2.24, 2.45) is 28.6 Å². The molecule has 3 fully saturated rings. The summed E-state index contributed by atoms with van der Waals surface area (Å²) < 4.78 is 0. The largest absolute Gasteiger partial charge is 0.390 e. The molecule has 4 aliphatic rings. The van der Waals surface area contributed by atoms with E-state index in [-0.39, 0.29) is 23.2 Å². The molecule has 0 heterocycles. The van der Waals surface area contributed by atoms with Gasteiger partial charge in [0.05, 0.1) is 18.3 Å². The maximum atomic E-state index is 11.0. The van der Waals surface area contributed by atoms with E-state index >= 15 is 0 Å². The maximum absolute atomic E-state index is 11.0. The monoisotopic (exact) mass is 362 g/mol. The van der Waals surface area contributed by atoms with Crippen LogP contribution in [0, 0.1) is 40.9 Å². The van der Waals surface area contributed by atoms with E-state index in [1.807, 2.05) is 6.92 Å². The first-order chi connectivity index (χ1) is 12.1. The van der Waals surface area contributed by atoms with Crippen LogP contribution in [0.1, 0.15) is 46.0 Å². The van der Waals surface area contributed by atoms with Crippen LogP contribution in [0.3, 0.4) is 0 Å². The van der Waals surface area contributed by atoms with Crippen LogP contribution in [-0.2, 0) is 0 Å². The van der Waals surface area contributed by atoms with E-state index < -0.39 is 35.4 Å². The minimum absolute atomic E-state index is 0.0917. The van der Waals surface area contributed by atoms with E-state index in [0.29, 0.717) is 19.3 Å². The van der Waals surface area contributed by atoms with Gasteiger partial charge in [0.25, 0.3) is 0 Å². The van der Waals surface area contributed by atoms with E-state index in [0.717, 1.165) is 18.4 Å². The molecule has 10 atom stereocenters. The van der Waals surface area contributed by atoms with Gasteiger partial charge in [0.2, 0.25) is 0 Å². The zero-order chi connectivity index (χ0) is 19.1. The van der Waals surface area contributed by atoms with Crippen LogP contribution in [0.15, 0.2) is 11.6 Å². The Morgan fingerprint density at radius 2 is 1.77 bits per heavy atom. The lowest BCUT2D eigenvalue weighted by atomic mass is 9.46. The third-order valence-corrected chi connectivity index (χ3v) is 8.64. The van der Waals surface area contributed by atoms with Crippen molar-refractivity contribution in [3.05, 3.63) is 11.6 Å². The topological polar surface area (TPSA) is 101 Å². The normalized spacial score (nSPS) is 58.8. The number of terminal acetylenes is 1. The molecule has 0 bridgehead atoms. The van der Waals surface area contributed by atoms with Crippen LogP contribution < -0.4 is 0 Å². The molecular formula is C21H30O5. The summed E-state index contributed by atoms with van der Waals surface area (Å²) in [4.78, 5) is 0. The van der Waals surface area contributed by atoms with Crippen molar-refractivity contribution >= 4 is 0 Å². The van der Waals surface area contributed by atoms with E-state index in [9.17, 15) is 25.5 Å². The first-order valence-electron chi connectivity index (χ1n) is 9.75. The second-order valence-corrected chi connectivity index (χ2v) is 9.49. The standard InChI is InChI=1S/C21H30O5/c1-4-21(26)16(24)10-12-17-11(5-8-20(12,21)3)19(2)7-6-14(22)18(25)13(19)9-15(17)23/h1,9,11-12,14-18,22-26H,5-8,10H2,2-3H3/t11-,12-,14+,15-,16+,17+,18+,19+,20-,21-/m0/s1. The Bertz CT molecular complexity index is 682. The molecule has 0 spiro atoms. The molecule has 0 unspecified atom stereocenters. The Labute approximate surface area is 154 Å². The first kappa shape index (κ1) is 18.5. The Balaban J connectivity index is 1.78. The lowest BCUT2D eigenvalue weighted by Gasteiger charge is -2.59. The molecule has 0 aromatic heterocycles. The zero-order valence-electron chi connectivity index (χ0n) is 15.5. The predicted octanol–water partition coefficient (Wildman–Crippen LogP) is 0.587. The minimum atomic E-state index is -1.57. The van der Waals surface area contributed by atoms with Crippen molar-refractivity contribution < 1.29 is 25.5 Å². The summed E-state index contributed by atoms with van der Waals surface area (Å²) in [6.45, 7) is 4.07. The van der Waals surface area contributed by atoms with E-state index in [1.54, 1.807) is 6.08 Å². The van der Waals surface area contributed by atoms with Crippen LogP contribution in [0.4, 0.5) is 0 Å². The zero-order valence-corrected chi connectivity index (χ0v) is 15.5. The molecule has 0 aromatic rings. The SMILES string of the molecule is C#C[C@]1(O)[C@H](O)C[C@H]2[C@@H]3[C@@H](O)C=C4[C@@H](O)[C@H](O)CC[C@]4(C)[C@H]3CC[C@@]21C. The van der Waals surface area contributed by atoms with Crippen LogP contribution in [-0.4, -0.2) is 55.5 Å². The second kappa shape index (κ2) is 5.56. The fourth-order valence-electron chi connectivity index (χ4n) is 6.98. The molecule has 0 aliphatic heterocycles. The molecule has 5 N–H and O–H groups in total. The van der Waals surface area contributed by atoms with Crippen molar-refractivity contribution in [1.29, 1.82) is 0 Å².